The lowest BCUT2D eigenvalue weighted by Gasteiger charge is -1.95. The molecule has 0 heterocycles. The molecule has 0 aliphatic heterocycles. The van der Waals surface area contributed by atoms with Gasteiger partial charge in [-0.1, -0.05) is 29.8 Å². The van der Waals surface area contributed by atoms with Crippen LogP contribution in [-0.2, 0) is 0 Å². The second-order valence-corrected chi connectivity index (χ2v) is 2.99. The Kier molecular flexibility index (Phi) is 5.40. The van der Waals surface area contributed by atoms with Crippen LogP contribution in [0.25, 0.3) is 0 Å². The Morgan fingerprint density at radius 3 is 2.33 bits per heavy atom. The van der Waals surface area contributed by atoms with Gasteiger partial charge < -0.3 is 0 Å². The summed E-state index contributed by atoms with van der Waals surface area (Å²) in [5.74, 6) is 0. The van der Waals surface area contributed by atoms with Gasteiger partial charge in [0.15, 0.2) is 0 Å². The van der Waals surface area contributed by atoms with Crippen LogP contribution in [-0.4, -0.2) is 0 Å². The molecule has 0 atom stereocenters. The first-order chi connectivity index (χ1) is 5.74. The minimum atomic E-state index is 0.739. The van der Waals surface area contributed by atoms with Gasteiger partial charge in [0.05, 0.1) is 11.6 Å². The van der Waals surface area contributed by atoms with Gasteiger partial charge in [-0.3, -0.25) is 0 Å². The van der Waals surface area contributed by atoms with Crippen molar-refractivity contribution in [3.8, 4) is 6.07 Å². The van der Waals surface area contributed by atoms with Crippen LogP contribution in [0.2, 0.25) is 0 Å². The van der Waals surface area contributed by atoms with Crippen molar-refractivity contribution in [3.05, 3.63) is 33.8 Å². The van der Waals surface area contributed by atoms with Crippen molar-refractivity contribution in [2.24, 2.45) is 0 Å². The van der Waals surface area contributed by atoms with E-state index in [1.165, 1.54) is 0 Å². The lowest BCUT2D eigenvalue weighted by molar-refractivity contribution is 1.38. The minimum absolute atomic E-state index is 0.739. The highest BCUT2D eigenvalue weighted by molar-refractivity contribution is 9.10. The number of nitrogens with zero attached hydrogens (tertiary/aromatic N) is 1. The Balaban J connectivity index is 0.000000561. The highest BCUT2D eigenvalue weighted by Gasteiger charge is 1.94. The molecule has 0 saturated carbocycles. The molecule has 1 aromatic carbocycles. The SMILES string of the molecule is CC.Cc1cc(Br)ccc1C#N. The quantitative estimate of drug-likeness (QED) is 0.662. The van der Waals surface area contributed by atoms with E-state index in [2.05, 4.69) is 22.0 Å². The van der Waals surface area contributed by atoms with E-state index in [4.69, 9.17) is 5.26 Å². The van der Waals surface area contributed by atoms with Gasteiger partial charge in [-0.15, -0.1) is 0 Å². The molecule has 2 heteroatoms. The van der Waals surface area contributed by atoms with E-state index >= 15 is 0 Å². The van der Waals surface area contributed by atoms with E-state index in [-0.39, 0.29) is 0 Å². The molecule has 0 aliphatic rings. The zero-order valence-electron chi connectivity index (χ0n) is 7.56. The molecule has 0 unspecified atom stereocenters. The van der Waals surface area contributed by atoms with Crippen LogP contribution in [0, 0.1) is 18.3 Å². The van der Waals surface area contributed by atoms with E-state index in [1.54, 1.807) is 6.07 Å². The zero-order valence-corrected chi connectivity index (χ0v) is 9.14. The first-order valence-corrected chi connectivity index (χ1v) is 4.69. The normalized spacial score (nSPS) is 7.92. The standard InChI is InChI=1S/C8H6BrN.C2H6/c1-6-4-8(9)3-2-7(6)5-10;1-2/h2-4H,1H3;1-2H3. The van der Waals surface area contributed by atoms with Crippen molar-refractivity contribution < 1.29 is 0 Å². The van der Waals surface area contributed by atoms with Crippen LogP contribution in [0.5, 0.6) is 0 Å². The fourth-order valence-corrected chi connectivity index (χ4v) is 1.23. The van der Waals surface area contributed by atoms with Crippen molar-refractivity contribution in [1.29, 1.82) is 5.26 Å². The van der Waals surface area contributed by atoms with Crippen molar-refractivity contribution in [3.63, 3.8) is 0 Å². The third-order valence-corrected chi connectivity index (χ3v) is 1.80. The molecule has 0 fully saturated rings. The Labute approximate surface area is 82.2 Å². The molecule has 0 N–H and O–H groups in total. The smallest absolute Gasteiger partial charge is 0.0994 e. The molecule has 0 radical (unpaired) electrons. The summed E-state index contributed by atoms with van der Waals surface area (Å²) in [5.41, 5.74) is 1.75. The summed E-state index contributed by atoms with van der Waals surface area (Å²) in [6, 6.07) is 7.70. The van der Waals surface area contributed by atoms with Crippen LogP contribution < -0.4 is 0 Å². The molecular weight excluding hydrogens is 214 g/mol. The molecule has 0 spiro atoms. The fourth-order valence-electron chi connectivity index (χ4n) is 0.753. The molecule has 64 valence electrons. The Hall–Kier alpha value is -0.810. The molecule has 0 aromatic heterocycles. The van der Waals surface area contributed by atoms with Crippen LogP contribution >= 0.6 is 15.9 Å². The van der Waals surface area contributed by atoms with E-state index in [9.17, 15) is 0 Å². The summed E-state index contributed by atoms with van der Waals surface area (Å²) >= 11 is 3.32. The maximum Gasteiger partial charge on any atom is 0.0994 e. The monoisotopic (exact) mass is 225 g/mol. The second kappa shape index (κ2) is 5.79. The van der Waals surface area contributed by atoms with Gasteiger partial charge in [0.2, 0.25) is 0 Å². The average Bonchev–Trinajstić information content (AvgIpc) is 2.08. The molecule has 1 rings (SSSR count). The Morgan fingerprint density at radius 2 is 1.92 bits per heavy atom. The summed E-state index contributed by atoms with van der Waals surface area (Å²) in [6.07, 6.45) is 0. The number of rotatable bonds is 0. The molecule has 0 amide bonds. The van der Waals surface area contributed by atoms with E-state index < -0.39 is 0 Å². The van der Waals surface area contributed by atoms with Crippen molar-refractivity contribution in [1.82, 2.24) is 0 Å². The molecule has 0 aliphatic carbocycles. The number of benzene rings is 1. The third-order valence-electron chi connectivity index (χ3n) is 1.31. The number of hydrogen-bond acceptors (Lipinski definition) is 1. The third kappa shape index (κ3) is 3.06. The van der Waals surface area contributed by atoms with Crippen molar-refractivity contribution >= 4 is 15.9 Å². The maximum atomic E-state index is 8.54. The minimum Gasteiger partial charge on any atom is -0.192 e. The lowest BCUT2D eigenvalue weighted by atomic mass is 10.1. The fraction of sp³-hybridized carbons (Fsp3) is 0.300. The van der Waals surface area contributed by atoms with Crippen LogP contribution in [0.15, 0.2) is 22.7 Å². The van der Waals surface area contributed by atoms with Gasteiger partial charge >= 0.3 is 0 Å². The molecule has 12 heavy (non-hydrogen) atoms. The highest BCUT2D eigenvalue weighted by atomic mass is 79.9. The number of aryl methyl sites for hydroxylation is 1. The first kappa shape index (κ1) is 11.2. The molecule has 1 nitrogen and oxygen atoms in total. The Morgan fingerprint density at radius 1 is 1.33 bits per heavy atom. The second-order valence-electron chi connectivity index (χ2n) is 2.07. The van der Waals surface area contributed by atoms with Crippen LogP contribution in [0.1, 0.15) is 25.0 Å². The summed E-state index contributed by atoms with van der Waals surface area (Å²) in [5, 5.41) is 8.54. The lowest BCUT2D eigenvalue weighted by Crippen LogP contribution is -1.79. The first-order valence-electron chi connectivity index (χ1n) is 3.90. The van der Waals surface area contributed by atoms with Gasteiger partial charge in [0.1, 0.15) is 0 Å². The van der Waals surface area contributed by atoms with Gasteiger partial charge in [-0.25, -0.2) is 0 Å². The topological polar surface area (TPSA) is 23.8 Å². The molecule has 1 aromatic rings. The van der Waals surface area contributed by atoms with Gasteiger partial charge in [0.25, 0.3) is 0 Å². The number of nitriles is 1. The van der Waals surface area contributed by atoms with Gasteiger partial charge in [0, 0.05) is 4.47 Å². The van der Waals surface area contributed by atoms with E-state index in [1.807, 2.05) is 32.9 Å². The number of hydrogen-bond donors (Lipinski definition) is 0. The predicted octanol–water partition coefficient (Wildman–Crippen LogP) is 3.66. The summed E-state index contributed by atoms with van der Waals surface area (Å²) in [6.45, 7) is 5.92. The summed E-state index contributed by atoms with van der Waals surface area (Å²) in [7, 11) is 0. The Bertz CT molecular complexity index is 286. The molecular formula is C10H12BrN. The number of halogens is 1. The van der Waals surface area contributed by atoms with Gasteiger partial charge in [-0.2, -0.15) is 5.26 Å². The predicted molar refractivity (Wildman–Crippen MR) is 54.9 cm³/mol. The summed E-state index contributed by atoms with van der Waals surface area (Å²) < 4.78 is 1.02. The largest absolute Gasteiger partial charge is 0.192 e. The molecule has 0 bridgehead atoms. The van der Waals surface area contributed by atoms with Crippen molar-refractivity contribution in [2.45, 2.75) is 20.8 Å². The highest BCUT2D eigenvalue weighted by Crippen LogP contribution is 2.14. The van der Waals surface area contributed by atoms with Gasteiger partial charge in [-0.05, 0) is 30.7 Å². The summed E-state index contributed by atoms with van der Waals surface area (Å²) in [4.78, 5) is 0. The molecule has 0 saturated heterocycles. The maximum absolute atomic E-state index is 8.54. The average molecular weight is 226 g/mol. The van der Waals surface area contributed by atoms with Crippen molar-refractivity contribution in [2.75, 3.05) is 0 Å². The van der Waals surface area contributed by atoms with Crippen LogP contribution in [0.4, 0.5) is 0 Å². The zero-order chi connectivity index (χ0) is 9.56. The van der Waals surface area contributed by atoms with E-state index in [0.29, 0.717) is 0 Å². The van der Waals surface area contributed by atoms with E-state index in [0.717, 1.165) is 15.6 Å². The van der Waals surface area contributed by atoms with Crippen LogP contribution in [0.3, 0.4) is 0 Å².